The van der Waals surface area contributed by atoms with Crippen molar-refractivity contribution >= 4 is 23.4 Å². The molecule has 0 aliphatic rings. The quantitative estimate of drug-likeness (QED) is 0.0966. The van der Waals surface area contributed by atoms with Gasteiger partial charge in [-0.1, -0.05) is 91.5 Å². The third kappa shape index (κ3) is 8.42. The first-order valence-electron chi connectivity index (χ1n) is 12.7. The van der Waals surface area contributed by atoms with Crippen LogP contribution in [0.5, 0.6) is 0 Å². The molecule has 0 saturated heterocycles. The van der Waals surface area contributed by atoms with E-state index in [4.69, 9.17) is 16.0 Å². The van der Waals surface area contributed by atoms with Crippen LogP contribution in [0.25, 0.3) is 0 Å². The molecule has 0 aliphatic carbocycles. The number of hydrogen-bond donors (Lipinski definition) is 0. The monoisotopic (exact) mass is 520 g/mol. The van der Waals surface area contributed by atoms with Gasteiger partial charge in [-0.25, -0.2) is 0 Å². The van der Waals surface area contributed by atoms with E-state index in [-0.39, 0.29) is 5.56 Å². The molecule has 0 amide bonds. The predicted octanol–water partition coefficient (Wildman–Crippen LogP) is 7.80. The van der Waals surface area contributed by atoms with Gasteiger partial charge in [0.25, 0.3) is 5.56 Å². The van der Waals surface area contributed by atoms with E-state index in [1.807, 2.05) is 60.8 Å². The van der Waals surface area contributed by atoms with E-state index in [9.17, 15) is 4.79 Å². The molecule has 2 heterocycles. The van der Waals surface area contributed by atoms with Gasteiger partial charge in [-0.3, -0.25) is 4.79 Å². The van der Waals surface area contributed by atoms with Gasteiger partial charge in [-0.05, 0) is 54.7 Å². The molecule has 4 aromatic rings. The minimum absolute atomic E-state index is 0.141. The van der Waals surface area contributed by atoms with Crippen LogP contribution in [-0.2, 0) is 19.4 Å². The number of nitrogens with zero attached hydrogens (tertiary/aromatic N) is 2. The first-order valence-corrected chi connectivity index (χ1v) is 14.1. The van der Waals surface area contributed by atoms with Gasteiger partial charge in [0.2, 0.25) is 0 Å². The first kappa shape index (κ1) is 26.3. The minimum Gasteiger partial charge on any atom is -0.467 e. The molecule has 0 unspecified atom stereocenters. The fraction of sp³-hybridized carbons (Fsp3) is 0.333. The fourth-order valence-electron chi connectivity index (χ4n) is 4.21. The fourth-order valence-corrected chi connectivity index (χ4v) is 5.30. The lowest BCUT2D eigenvalue weighted by molar-refractivity contribution is 0.478. The van der Waals surface area contributed by atoms with Crippen LogP contribution >= 0.6 is 23.4 Å². The largest absolute Gasteiger partial charge is 0.467 e. The highest BCUT2D eigenvalue weighted by Gasteiger charge is 2.11. The Morgan fingerprint density at radius 2 is 1.58 bits per heavy atom. The molecular formula is C30H33ClN2O2S. The van der Waals surface area contributed by atoms with Gasteiger partial charge in [0.1, 0.15) is 5.76 Å². The highest BCUT2D eigenvalue weighted by Crippen LogP contribution is 2.20. The maximum absolute atomic E-state index is 12.8. The molecule has 0 fully saturated rings. The number of rotatable bonds is 14. The molecule has 0 radical (unpaired) electrons. The first-order chi connectivity index (χ1) is 17.7. The van der Waals surface area contributed by atoms with Crippen molar-refractivity contribution in [3.63, 3.8) is 0 Å². The summed E-state index contributed by atoms with van der Waals surface area (Å²) in [7, 11) is 0. The Hall–Kier alpha value is -2.76. The number of aromatic nitrogens is 2. The topological polar surface area (TPSA) is 48.0 Å². The van der Waals surface area contributed by atoms with Crippen molar-refractivity contribution in [1.29, 1.82) is 0 Å². The van der Waals surface area contributed by atoms with Crippen molar-refractivity contribution in [2.75, 3.05) is 5.75 Å². The Kier molecular flexibility index (Phi) is 10.3. The maximum atomic E-state index is 12.8. The number of benzene rings is 2. The van der Waals surface area contributed by atoms with Crippen molar-refractivity contribution in [1.82, 2.24) is 9.55 Å². The van der Waals surface area contributed by atoms with E-state index in [0.29, 0.717) is 18.5 Å². The number of unbranched alkanes of at least 4 members (excludes halogenated alkanes) is 5. The minimum atomic E-state index is -0.141. The summed E-state index contributed by atoms with van der Waals surface area (Å²) in [5.74, 6) is 1.81. The van der Waals surface area contributed by atoms with Gasteiger partial charge < -0.3 is 8.98 Å². The van der Waals surface area contributed by atoms with Crippen molar-refractivity contribution < 1.29 is 4.42 Å². The third-order valence-corrected chi connectivity index (χ3v) is 7.51. The zero-order chi connectivity index (χ0) is 25.0. The zero-order valence-electron chi connectivity index (χ0n) is 20.6. The molecular weight excluding hydrogens is 488 g/mol. The molecule has 4 nitrogen and oxygen atoms in total. The highest BCUT2D eigenvalue weighted by molar-refractivity contribution is 7.99. The highest BCUT2D eigenvalue weighted by atomic mass is 35.5. The number of aryl methyl sites for hydroxylation is 1. The average molecular weight is 521 g/mol. The van der Waals surface area contributed by atoms with Crippen molar-refractivity contribution in [2.45, 2.75) is 63.1 Å². The van der Waals surface area contributed by atoms with Gasteiger partial charge in [-0.2, -0.15) is 4.98 Å². The van der Waals surface area contributed by atoms with Crippen molar-refractivity contribution in [2.24, 2.45) is 0 Å². The van der Waals surface area contributed by atoms with Gasteiger partial charge in [-0.15, -0.1) is 0 Å². The molecule has 2 aromatic heterocycles. The smallest absolute Gasteiger partial charge is 0.277 e. The lowest BCUT2D eigenvalue weighted by Gasteiger charge is -2.13. The van der Waals surface area contributed by atoms with Crippen LogP contribution in [0.1, 0.15) is 61.0 Å². The molecule has 0 aliphatic heterocycles. The molecule has 0 atom stereocenters. The second-order valence-electron chi connectivity index (χ2n) is 9.07. The Labute approximate surface area is 222 Å². The second kappa shape index (κ2) is 14.1. The van der Waals surface area contributed by atoms with Gasteiger partial charge in [0.05, 0.1) is 12.8 Å². The van der Waals surface area contributed by atoms with Crippen LogP contribution in [0, 0.1) is 0 Å². The molecule has 2 aromatic carbocycles. The normalized spacial score (nSPS) is 11.1. The summed E-state index contributed by atoms with van der Waals surface area (Å²) in [5.41, 5.74) is 3.03. The molecule has 0 bridgehead atoms. The standard InChI is InChI=1S/C30H33ClN2O2S/c31-27-17-15-24(16-18-27)11-6-3-1-2-4-9-20-36-30-32-29(34)26(21-25-12-7-5-8-13-25)22-33(30)23-28-14-10-19-35-28/h5,7-8,10,12-19,22H,1-4,6,9,11,20-21,23H2. The van der Waals surface area contributed by atoms with E-state index in [1.54, 1.807) is 18.0 Å². The summed E-state index contributed by atoms with van der Waals surface area (Å²) in [6.07, 6.45) is 12.6. The molecule has 4 rings (SSSR count). The lowest BCUT2D eigenvalue weighted by atomic mass is 10.1. The van der Waals surface area contributed by atoms with Crippen molar-refractivity contribution in [3.05, 3.63) is 117 Å². The summed E-state index contributed by atoms with van der Waals surface area (Å²) < 4.78 is 7.62. The average Bonchev–Trinajstić information content (AvgIpc) is 3.40. The van der Waals surface area contributed by atoms with Crippen LogP contribution in [-0.4, -0.2) is 15.3 Å². The SMILES string of the molecule is O=c1nc(SCCCCCCCCc2ccc(Cl)cc2)n(Cc2ccco2)cc1Cc1ccccc1. The Balaban J connectivity index is 1.24. The number of halogens is 1. The van der Waals surface area contributed by atoms with Crippen molar-refractivity contribution in [3.8, 4) is 0 Å². The van der Waals surface area contributed by atoms with Gasteiger partial charge >= 0.3 is 0 Å². The summed E-state index contributed by atoms with van der Waals surface area (Å²) in [6, 6.07) is 22.1. The zero-order valence-corrected chi connectivity index (χ0v) is 22.1. The number of furan rings is 1. The van der Waals surface area contributed by atoms with Gasteiger partial charge in [0, 0.05) is 29.0 Å². The van der Waals surface area contributed by atoms with Crippen LogP contribution in [0.3, 0.4) is 0 Å². The summed E-state index contributed by atoms with van der Waals surface area (Å²) in [4.78, 5) is 17.2. The van der Waals surface area contributed by atoms with Crippen LogP contribution in [0.4, 0.5) is 0 Å². The lowest BCUT2D eigenvalue weighted by Crippen LogP contribution is -2.20. The maximum Gasteiger partial charge on any atom is 0.277 e. The molecule has 6 heteroatoms. The van der Waals surface area contributed by atoms with Crippen LogP contribution < -0.4 is 5.56 Å². The summed E-state index contributed by atoms with van der Waals surface area (Å²) in [5, 5.41) is 1.56. The summed E-state index contributed by atoms with van der Waals surface area (Å²) in [6.45, 7) is 0.567. The van der Waals surface area contributed by atoms with E-state index in [2.05, 4.69) is 21.7 Å². The number of hydrogen-bond acceptors (Lipinski definition) is 4. The summed E-state index contributed by atoms with van der Waals surface area (Å²) >= 11 is 7.62. The van der Waals surface area contributed by atoms with E-state index in [0.717, 1.165) is 40.1 Å². The predicted molar refractivity (Wildman–Crippen MR) is 149 cm³/mol. The van der Waals surface area contributed by atoms with E-state index in [1.165, 1.54) is 37.7 Å². The number of thioether (sulfide) groups is 1. The molecule has 0 N–H and O–H groups in total. The van der Waals surface area contributed by atoms with E-state index >= 15 is 0 Å². The van der Waals surface area contributed by atoms with Gasteiger partial charge in [0.15, 0.2) is 5.16 Å². The van der Waals surface area contributed by atoms with Crippen LogP contribution in [0.15, 0.2) is 93.6 Å². The van der Waals surface area contributed by atoms with E-state index < -0.39 is 0 Å². The molecule has 188 valence electrons. The third-order valence-electron chi connectivity index (χ3n) is 6.18. The second-order valence-corrected chi connectivity index (χ2v) is 10.6. The molecule has 0 saturated carbocycles. The van der Waals surface area contributed by atoms with Crippen LogP contribution in [0.2, 0.25) is 5.02 Å². The molecule has 0 spiro atoms. The Morgan fingerprint density at radius 1 is 0.833 bits per heavy atom. The molecule has 36 heavy (non-hydrogen) atoms. The Bertz CT molecular complexity index is 1240. The Morgan fingerprint density at radius 3 is 2.33 bits per heavy atom.